The monoisotopic (exact) mass is 243 g/mol. The van der Waals surface area contributed by atoms with Gasteiger partial charge in [-0.3, -0.25) is 0 Å². The predicted octanol–water partition coefficient (Wildman–Crippen LogP) is 4.01. The van der Waals surface area contributed by atoms with E-state index in [0.717, 1.165) is 30.6 Å². The van der Waals surface area contributed by atoms with Gasteiger partial charge in [-0.05, 0) is 48.6 Å². The van der Waals surface area contributed by atoms with Gasteiger partial charge < -0.3 is 4.74 Å². The van der Waals surface area contributed by atoms with Gasteiger partial charge in [0.2, 0.25) is 0 Å². The number of hydrogen-bond acceptors (Lipinski definition) is 2. The molecule has 0 fully saturated rings. The normalized spacial score (nSPS) is 18.7. The molecule has 0 N–H and O–H groups in total. The van der Waals surface area contributed by atoms with Crippen LogP contribution in [0.25, 0.3) is 0 Å². The minimum Gasteiger partial charge on any atom is -0.470 e. The van der Waals surface area contributed by atoms with Crippen LogP contribution in [0.5, 0.6) is 0 Å². The molecule has 92 valence electrons. The summed E-state index contributed by atoms with van der Waals surface area (Å²) < 4.78 is 18.6. The summed E-state index contributed by atoms with van der Waals surface area (Å²) in [6.45, 7) is 3.52. The number of ether oxygens (including phenoxy) is 1. The van der Waals surface area contributed by atoms with Gasteiger partial charge in [0.1, 0.15) is 5.82 Å². The van der Waals surface area contributed by atoms with Crippen LogP contribution in [-0.4, -0.2) is 0 Å². The molecule has 0 radical (unpaired) electrons. The van der Waals surface area contributed by atoms with Gasteiger partial charge in [-0.25, -0.2) is 4.39 Å². The SMILES string of the molecule is C=COC1=CCC(c2cc(F)cc(C#N)c2)CC1. The molecule has 0 saturated heterocycles. The molecule has 0 bridgehead atoms. The molecule has 1 atom stereocenters. The number of halogens is 1. The van der Waals surface area contributed by atoms with Crippen LogP contribution in [0.2, 0.25) is 0 Å². The Kier molecular flexibility index (Phi) is 3.78. The molecule has 18 heavy (non-hydrogen) atoms. The fraction of sp³-hybridized carbons (Fsp3) is 0.267. The van der Waals surface area contributed by atoms with Crippen molar-refractivity contribution in [2.75, 3.05) is 0 Å². The third-order valence-electron chi connectivity index (χ3n) is 3.12. The minimum atomic E-state index is -0.346. The molecule has 1 aromatic carbocycles. The van der Waals surface area contributed by atoms with E-state index >= 15 is 0 Å². The minimum absolute atomic E-state index is 0.255. The molecule has 2 nitrogen and oxygen atoms in total. The summed E-state index contributed by atoms with van der Waals surface area (Å²) in [6, 6.07) is 6.52. The lowest BCUT2D eigenvalue weighted by atomic mass is 9.86. The topological polar surface area (TPSA) is 33.0 Å². The van der Waals surface area contributed by atoms with E-state index in [1.807, 2.05) is 12.1 Å². The molecule has 1 aliphatic rings. The maximum Gasteiger partial charge on any atom is 0.124 e. The Morgan fingerprint density at radius 3 is 2.89 bits per heavy atom. The molecule has 0 heterocycles. The van der Waals surface area contributed by atoms with Crippen molar-refractivity contribution in [2.24, 2.45) is 0 Å². The van der Waals surface area contributed by atoms with Crippen molar-refractivity contribution in [3.05, 3.63) is 59.8 Å². The zero-order valence-corrected chi connectivity index (χ0v) is 10.0. The molecule has 0 saturated carbocycles. The van der Waals surface area contributed by atoms with Crippen LogP contribution in [0.3, 0.4) is 0 Å². The summed E-state index contributed by atoms with van der Waals surface area (Å²) in [6.07, 6.45) is 5.94. The summed E-state index contributed by atoms with van der Waals surface area (Å²) in [7, 11) is 0. The Labute approximate surface area is 106 Å². The molecule has 1 unspecified atom stereocenters. The van der Waals surface area contributed by atoms with Gasteiger partial charge in [-0.2, -0.15) is 5.26 Å². The van der Waals surface area contributed by atoms with Crippen molar-refractivity contribution in [2.45, 2.75) is 25.2 Å². The molecule has 0 spiro atoms. The first-order valence-electron chi connectivity index (χ1n) is 5.90. The van der Waals surface area contributed by atoms with Crippen molar-refractivity contribution in [1.82, 2.24) is 0 Å². The number of rotatable bonds is 3. The highest BCUT2D eigenvalue weighted by Gasteiger charge is 2.18. The van der Waals surface area contributed by atoms with Crippen LogP contribution in [0.1, 0.15) is 36.3 Å². The molecule has 1 aromatic rings. The number of hydrogen-bond donors (Lipinski definition) is 0. The van der Waals surface area contributed by atoms with E-state index in [1.54, 1.807) is 6.07 Å². The quantitative estimate of drug-likeness (QED) is 0.751. The molecule has 3 heteroatoms. The van der Waals surface area contributed by atoms with Gasteiger partial charge in [-0.1, -0.05) is 6.58 Å². The zero-order chi connectivity index (χ0) is 13.0. The maximum absolute atomic E-state index is 13.4. The fourth-order valence-electron chi connectivity index (χ4n) is 2.24. The Morgan fingerprint density at radius 2 is 2.28 bits per heavy atom. The number of benzene rings is 1. The Balaban J connectivity index is 2.17. The van der Waals surface area contributed by atoms with Crippen molar-refractivity contribution in [1.29, 1.82) is 5.26 Å². The zero-order valence-electron chi connectivity index (χ0n) is 10.0. The fourth-order valence-corrected chi connectivity index (χ4v) is 2.24. The van der Waals surface area contributed by atoms with Gasteiger partial charge in [-0.15, -0.1) is 0 Å². The lowest BCUT2D eigenvalue weighted by molar-refractivity contribution is 0.314. The van der Waals surface area contributed by atoms with Crippen LogP contribution in [0.15, 0.2) is 42.9 Å². The maximum atomic E-state index is 13.4. The lowest BCUT2D eigenvalue weighted by Crippen LogP contribution is -2.05. The molecular weight excluding hydrogens is 229 g/mol. The van der Waals surface area contributed by atoms with Crippen LogP contribution in [0, 0.1) is 17.1 Å². The van der Waals surface area contributed by atoms with Gasteiger partial charge in [0.15, 0.2) is 0 Å². The van der Waals surface area contributed by atoms with Crippen molar-refractivity contribution >= 4 is 0 Å². The third kappa shape index (κ3) is 2.78. The van der Waals surface area contributed by atoms with Crippen LogP contribution in [0.4, 0.5) is 4.39 Å². The van der Waals surface area contributed by atoms with E-state index in [0.29, 0.717) is 5.56 Å². The highest BCUT2D eigenvalue weighted by atomic mass is 19.1. The standard InChI is InChI=1S/C15H14FNO/c1-2-18-15-5-3-12(4-6-15)13-7-11(10-17)8-14(16)9-13/h2,5,7-9,12H,1,3-4,6H2. The molecular formula is C15H14FNO. The molecule has 0 aliphatic heterocycles. The smallest absolute Gasteiger partial charge is 0.124 e. The average molecular weight is 243 g/mol. The Bertz CT molecular complexity index is 528. The highest BCUT2D eigenvalue weighted by Crippen LogP contribution is 2.33. The van der Waals surface area contributed by atoms with E-state index in [9.17, 15) is 4.39 Å². The second-order valence-corrected chi connectivity index (χ2v) is 4.31. The first kappa shape index (κ1) is 12.4. The van der Waals surface area contributed by atoms with Gasteiger partial charge >= 0.3 is 0 Å². The van der Waals surface area contributed by atoms with Gasteiger partial charge in [0.25, 0.3) is 0 Å². The third-order valence-corrected chi connectivity index (χ3v) is 3.12. The summed E-state index contributed by atoms with van der Waals surface area (Å²) in [5, 5.41) is 8.84. The van der Waals surface area contributed by atoms with Crippen LogP contribution < -0.4 is 0 Å². The van der Waals surface area contributed by atoms with Crippen LogP contribution in [-0.2, 0) is 4.74 Å². The van der Waals surface area contributed by atoms with Gasteiger partial charge in [0, 0.05) is 6.42 Å². The number of nitrogens with zero attached hydrogens (tertiary/aromatic N) is 1. The lowest BCUT2D eigenvalue weighted by Gasteiger charge is -2.21. The first-order valence-corrected chi connectivity index (χ1v) is 5.90. The second-order valence-electron chi connectivity index (χ2n) is 4.31. The number of allylic oxidation sites excluding steroid dienone is 2. The Hall–Kier alpha value is -2.08. The predicted molar refractivity (Wildman–Crippen MR) is 67.1 cm³/mol. The van der Waals surface area contributed by atoms with Crippen LogP contribution >= 0.6 is 0 Å². The van der Waals surface area contributed by atoms with E-state index in [1.165, 1.54) is 18.4 Å². The Morgan fingerprint density at radius 1 is 1.44 bits per heavy atom. The molecule has 2 rings (SSSR count). The van der Waals surface area contributed by atoms with Crippen molar-refractivity contribution in [3.8, 4) is 6.07 Å². The summed E-state index contributed by atoms with van der Waals surface area (Å²) >= 11 is 0. The second kappa shape index (κ2) is 5.50. The summed E-state index contributed by atoms with van der Waals surface area (Å²) in [4.78, 5) is 0. The largest absolute Gasteiger partial charge is 0.470 e. The highest BCUT2D eigenvalue weighted by molar-refractivity contribution is 5.36. The molecule has 0 amide bonds. The van der Waals surface area contributed by atoms with E-state index < -0.39 is 0 Å². The molecule has 1 aliphatic carbocycles. The molecule has 0 aromatic heterocycles. The average Bonchev–Trinajstić information content (AvgIpc) is 2.39. The van der Waals surface area contributed by atoms with Gasteiger partial charge in [0.05, 0.1) is 23.7 Å². The van der Waals surface area contributed by atoms with E-state index in [-0.39, 0.29) is 11.7 Å². The summed E-state index contributed by atoms with van der Waals surface area (Å²) in [5.41, 5.74) is 1.27. The van der Waals surface area contributed by atoms with Crippen molar-refractivity contribution in [3.63, 3.8) is 0 Å². The van der Waals surface area contributed by atoms with Crippen molar-refractivity contribution < 1.29 is 9.13 Å². The summed E-state index contributed by atoms with van der Waals surface area (Å²) in [5.74, 6) is 0.823. The first-order chi connectivity index (χ1) is 8.72. The number of nitriles is 1. The van der Waals surface area contributed by atoms with E-state index in [4.69, 9.17) is 10.00 Å². The van der Waals surface area contributed by atoms with E-state index in [2.05, 4.69) is 6.58 Å².